The molecule has 2 aromatic carbocycles. The number of nitrogens with one attached hydrogen (secondary N) is 1. The summed E-state index contributed by atoms with van der Waals surface area (Å²) in [5.74, 6) is 3.80. The van der Waals surface area contributed by atoms with E-state index in [0.717, 1.165) is 5.56 Å². The maximum Gasteiger partial charge on any atom is 0.271 e. The highest BCUT2D eigenvalue weighted by atomic mass is 16.5. The maximum atomic E-state index is 12.2. The van der Waals surface area contributed by atoms with Gasteiger partial charge in [0.2, 0.25) is 0 Å². The number of amides is 1. The minimum atomic E-state index is -0.348. The van der Waals surface area contributed by atoms with Gasteiger partial charge in [0.1, 0.15) is 12.4 Å². The summed E-state index contributed by atoms with van der Waals surface area (Å²) in [4.78, 5) is 12.2. The van der Waals surface area contributed by atoms with E-state index in [4.69, 9.17) is 20.6 Å². The van der Waals surface area contributed by atoms with Crippen molar-refractivity contribution in [2.24, 2.45) is 5.10 Å². The molecule has 26 heavy (non-hydrogen) atoms. The molecule has 0 saturated heterocycles. The number of methoxy groups -OCH3 is 1. The predicted molar refractivity (Wildman–Crippen MR) is 100.0 cm³/mol. The Labute approximate surface area is 152 Å². The largest absolute Gasteiger partial charge is 0.493 e. The highest BCUT2D eigenvalue weighted by molar-refractivity contribution is 5.95. The van der Waals surface area contributed by atoms with Crippen molar-refractivity contribution < 1.29 is 19.0 Å². The van der Waals surface area contributed by atoms with Crippen molar-refractivity contribution in [3.63, 3.8) is 0 Å². The molecule has 0 aromatic heterocycles. The van der Waals surface area contributed by atoms with Gasteiger partial charge < -0.3 is 14.2 Å². The van der Waals surface area contributed by atoms with Crippen LogP contribution >= 0.6 is 0 Å². The van der Waals surface area contributed by atoms with E-state index in [1.54, 1.807) is 37.4 Å². The monoisotopic (exact) mass is 352 g/mol. The summed E-state index contributed by atoms with van der Waals surface area (Å²) in [6.07, 6.45) is 6.68. The van der Waals surface area contributed by atoms with Gasteiger partial charge in [-0.05, 0) is 55.0 Å². The molecule has 134 valence electrons. The molecule has 0 unspecified atom stereocenters. The Balaban J connectivity index is 1.98. The summed E-state index contributed by atoms with van der Waals surface area (Å²) in [5.41, 5.74) is 3.71. The van der Waals surface area contributed by atoms with E-state index in [1.165, 1.54) is 6.21 Å². The van der Waals surface area contributed by atoms with Gasteiger partial charge in [0.05, 0.1) is 19.9 Å². The third-order valence-corrected chi connectivity index (χ3v) is 3.31. The molecule has 6 heteroatoms. The highest BCUT2D eigenvalue weighted by Crippen LogP contribution is 2.27. The van der Waals surface area contributed by atoms with E-state index >= 15 is 0 Å². The van der Waals surface area contributed by atoms with Crippen LogP contribution in [-0.2, 0) is 0 Å². The van der Waals surface area contributed by atoms with E-state index in [1.807, 2.05) is 19.1 Å². The number of terminal acetylenes is 1. The van der Waals surface area contributed by atoms with Gasteiger partial charge in [-0.1, -0.05) is 5.92 Å². The fraction of sp³-hybridized carbons (Fsp3) is 0.200. The molecule has 1 N–H and O–H groups in total. The molecule has 0 spiro atoms. The Hall–Kier alpha value is -3.46. The van der Waals surface area contributed by atoms with E-state index in [-0.39, 0.29) is 12.5 Å². The van der Waals surface area contributed by atoms with E-state index in [9.17, 15) is 4.79 Å². The van der Waals surface area contributed by atoms with Gasteiger partial charge >= 0.3 is 0 Å². The fourth-order valence-electron chi connectivity index (χ4n) is 2.09. The Morgan fingerprint density at radius 1 is 1.19 bits per heavy atom. The molecule has 1 amide bonds. The minimum Gasteiger partial charge on any atom is -0.493 e. The van der Waals surface area contributed by atoms with E-state index in [2.05, 4.69) is 16.4 Å². The van der Waals surface area contributed by atoms with Crippen molar-refractivity contribution in [2.75, 3.05) is 20.3 Å². The van der Waals surface area contributed by atoms with E-state index in [0.29, 0.717) is 29.4 Å². The zero-order valence-electron chi connectivity index (χ0n) is 14.7. The van der Waals surface area contributed by atoms with Crippen LogP contribution in [0.25, 0.3) is 0 Å². The molecular weight excluding hydrogens is 332 g/mol. The van der Waals surface area contributed by atoms with Crippen molar-refractivity contribution in [3.8, 4) is 29.6 Å². The molecule has 0 aliphatic heterocycles. The second kappa shape index (κ2) is 9.74. The lowest BCUT2D eigenvalue weighted by atomic mass is 10.2. The summed E-state index contributed by atoms with van der Waals surface area (Å²) >= 11 is 0. The molecular formula is C20H20N2O4. The number of hydrogen-bond donors (Lipinski definition) is 1. The molecule has 0 heterocycles. The molecule has 0 atom stereocenters. The van der Waals surface area contributed by atoms with Crippen molar-refractivity contribution >= 4 is 12.1 Å². The van der Waals surface area contributed by atoms with Crippen LogP contribution in [0.3, 0.4) is 0 Å². The second-order valence-electron chi connectivity index (χ2n) is 5.06. The predicted octanol–water partition coefficient (Wildman–Crippen LogP) is 2.87. The van der Waals surface area contributed by atoms with Crippen molar-refractivity contribution in [3.05, 3.63) is 53.6 Å². The molecule has 2 aromatic rings. The topological polar surface area (TPSA) is 69.2 Å². The number of benzene rings is 2. The second-order valence-corrected chi connectivity index (χ2v) is 5.06. The number of hydrogen-bond acceptors (Lipinski definition) is 5. The van der Waals surface area contributed by atoms with Crippen LogP contribution < -0.4 is 19.6 Å². The van der Waals surface area contributed by atoms with Crippen molar-refractivity contribution in [2.45, 2.75) is 6.92 Å². The first-order valence-corrected chi connectivity index (χ1v) is 7.98. The number of rotatable bonds is 8. The Morgan fingerprint density at radius 3 is 2.62 bits per heavy atom. The Kier molecular flexibility index (Phi) is 7.07. The quantitative estimate of drug-likeness (QED) is 0.451. The highest BCUT2D eigenvalue weighted by Gasteiger charge is 2.10. The summed E-state index contributed by atoms with van der Waals surface area (Å²) < 4.78 is 16.0. The van der Waals surface area contributed by atoms with Crippen LogP contribution in [0.2, 0.25) is 0 Å². The Morgan fingerprint density at radius 2 is 1.96 bits per heavy atom. The smallest absolute Gasteiger partial charge is 0.271 e. The van der Waals surface area contributed by atoms with Crippen LogP contribution in [0.4, 0.5) is 0 Å². The van der Waals surface area contributed by atoms with Crippen LogP contribution in [0.1, 0.15) is 22.8 Å². The van der Waals surface area contributed by atoms with Gasteiger partial charge in [-0.15, -0.1) is 6.42 Å². The molecule has 0 aliphatic carbocycles. The van der Waals surface area contributed by atoms with Gasteiger partial charge in [-0.3, -0.25) is 4.79 Å². The number of hydrazone groups is 1. The first-order valence-electron chi connectivity index (χ1n) is 7.98. The molecule has 0 fully saturated rings. The molecule has 2 rings (SSSR count). The average Bonchev–Trinajstić information content (AvgIpc) is 2.67. The molecule has 6 nitrogen and oxygen atoms in total. The maximum absolute atomic E-state index is 12.2. The molecule has 0 radical (unpaired) electrons. The number of ether oxygens (including phenoxy) is 3. The first kappa shape index (κ1) is 18.9. The SMILES string of the molecule is C#CCOc1ccc(/C=N/NC(=O)c2ccc(OC)c(OCC)c2)cc1. The van der Waals surface area contributed by atoms with Crippen LogP contribution in [0, 0.1) is 12.3 Å². The summed E-state index contributed by atoms with van der Waals surface area (Å²) in [5, 5.41) is 3.96. The third-order valence-electron chi connectivity index (χ3n) is 3.31. The molecule has 0 bridgehead atoms. The average molecular weight is 352 g/mol. The fourth-order valence-corrected chi connectivity index (χ4v) is 2.09. The lowest BCUT2D eigenvalue weighted by Crippen LogP contribution is -2.17. The van der Waals surface area contributed by atoms with Gasteiger partial charge in [0.15, 0.2) is 11.5 Å². The number of carbonyl (C=O) groups excluding carboxylic acids is 1. The van der Waals surface area contributed by atoms with Crippen LogP contribution in [0.5, 0.6) is 17.2 Å². The van der Waals surface area contributed by atoms with Crippen LogP contribution in [-0.4, -0.2) is 32.4 Å². The van der Waals surface area contributed by atoms with Gasteiger partial charge in [-0.2, -0.15) is 5.10 Å². The zero-order valence-corrected chi connectivity index (χ0v) is 14.7. The zero-order chi connectivity index (χ0) is 18.8. The number of nitrogens with zero attached hydrogens (tertiary/aromatic N) is 1. The van der Waals surface area contributed by atoms with Gasteiger partial charge in [0, 0.05) is 5.56 Å². The summed E-state index contributed by atoms with van der Waals surface area (Å²) in [6, 6.07) is 12.1. The van der Waals surface area contributed by atoms with E-state index < -0.39 is 0 Å². The minimum absolute atomic E-state index is 0.217. The van der Waals surface area contributed by atoms with Crippen LogP contribution in [0.15, 0.2) is 47.6 Å². The van der Waals surface area contributed by atoms with Gasteiger partial charge in [0.25, 0.3) is 5.91 Å². The third kappa shape index (κ3) is 5.28. The van der Waals surface area contributed by atoms with Crippen molar-refractivity contribution in [1.29, 1.82) is 0 Å². The standard InChI is InChI=1S/C20H20N2O4/c1-4-12-26-17-9-6-15(7-10-17)14-21-22-20(23)16-8-11-18(24-3)19(13-16)25-5-2/h1,6-11,13-14H,5,12H2,2-3H3,(H,22,23)/b21-14+. The lowest BCUT2D eigenvalue weighted by Gasteiger charge is -2.10. The first-order chi connectivity index (χ1) is 12.7. The molecule has 0 aliphatic rings. The van der Waals surface area contributed by atoms with Crippen molar-refractivity contribution in [1.82, 2.24) is 5.43 Å². The lowest BCUT2D eigenvalue weighted by molar-refractivity contribution is 0.0954. The Bertz CT molecular complexity index is 808. The summed E-state index contributed by atoms with van der Waals surface area (Å²) in [6.45, 7) is 2.55. The normalized spacial score (nSPS) is 10.2. The number of carbonyl (C=O) groups is 1. The molecule has 0 saturated carbocycles. The summed E-state index contributed by atoms with van der Waals surface area (Å²) in [7, 11) is 1.55. The van der Waals surface area contributed by atoms with Gasteiger partial charge in [-0.25, -0.2) is 5.43 Å².